The number of nitrogens with zero attached hydrogens (tertiary/aromatic N) is 1. The summed E-state index contributed by atoms with van der Waals surface area (Å²) >= 11 is 0. The summed E-state index contributed by atoms with van der Waals surface area (Å²) in [5, 5.41) is 0. The van der Waals surface area contributed by atoms with Gasteiger partial charge in [-0.05, 0) is 18.3 Å². The molecule has 1 aliphatic carbocycles. The van der Waals surface area contributed by atoms with Crippen molar-refractivity contribution in [1.82, 2.24) is 0 Å². The van der Waals surface area contributed by atoms with Gasteiger partial charge in [0.05, 0.1) is 6.54 Å². The highest BCUT2D eigenvalue weighted by molar-refractivity contribution is 5.33. The third-order valence-electron chi connectivity index (χ3n) is 2.09. The van der Waals surface area contributed by atoms with Crippen molar-refractivity contribution in [2.75, 3.05) is 6.54 Å². The van der Waals surface area contributed by atoms with E-state index in [9.17, 15) is 4.79 Å². The smallest absolute Gasteiger partial charge is 0.211 e. The second-order valence-electron chi connectivity index (χ2n) is 3.07. The summed E-state index contributed by atoms with van der Waals surface area (Å²) in [7, 11) is 0. The van der Waals surface area contributed by atoms with Crippen LogP contribution in [0.2, 0.25) is 0 Å². The second kappa shape index (κ2) is 2.32. The van der Waals surface area contributed by atoms with Crippen molar-refractivity contribution in [3.8, 4) is 0 Å². The molecule has 0 N–H and O–H groups in total. The Morgan fingerprint density at radius 2 is 2.33 bits per heavy atom. The number of aliphatic imine (C=N–C) groups is 1. The molecular weight excluding hydrogens is 114 g/mol. The zero-order valence-electron chi connectivity index (χ0n) is 5.68. The topological polar surface area (TPSA) is 29.4 Å². The molecule has 0 aliphatic heterocycles. The van der Waals surface area contributed by atoms with Crippen LogP contribution >= 0.6 is 0 Å². The van der Waals surface area contributed by atoms with Crippen LogP contribution in [-0.4, -0.2) is 12.6 Å². The normalized spacial score (nSPS) is 21.9. The fraction of sp³-hybridized carbons (Fsp3) is 0.857. The number of isocyanates is 1. The molecule has 0 heterocycles. The first-order valence-corrected chi connectivity index (χ1v) is 3.30. The van der Waals surface area contributed by atoms with Crippen LogP contribution in [0, 0.1) is 5.41 Å². The van der Waals surface area contributed by atoms with Gasteiger partial charge in [-0.25, -0.2) is 9.79 Å². The van der Waals surface area contributed by atoms with Gasteiger partial charge in [0.25, 0.3) is 0 Å². The van der Waals surface area contributed by atoms with Gasteiger partial charge < -0.3 is 0 Å². The third kappa shape index (κ3) is 1.39. The summed E-state index contributed by atoms with van der Waals surface area (Å²) in [6.07, 6.45) is 5.30. The number of rotatable bonds is 2. The van der Waals surface area contributed by atoms with Gasteiger partial charge in [0.1, 0.15) is 0 Å². The van der Waals surface area contributed by atoms with Crippen LogP contribution in [0.5, 0.6) is 0 Å². The van der Waals surface area contributed by atoms with Crippen LogP contribution < -0.4 is 0 Å². The Bertz CT molecular complexity index is 143. The maximum atomic E-state index is 9.70. The fourth-order valence-corrected chi connectivity index (χ4v) is 1.16. The number of hydrogen-bond donors (Lipinski definition) is 0. The molecule has 9 heavy (non-hydrogen) atoms. The molecule has 0 spiro atoms. The van der Waals surface area contributed by atoms with Crippen LogP contribution in [0.3, 0.4) is 0 Å². The van der Waals surface area contributed by atoms with Crippen LogP contribution in [-0.2, 0) is 4.79 Å². The Kier molecular flexibility index (Phi) is 1.68. The van der Waals surface area contributed by atoms with Crippen molar-refractivity contribution >= 4 is 6.08 Å². The average molecular weight is 125 g/mol. The van der Waals surface area contributed by atoms with Crippen molar-refractivity contribution < 1.29 is 4.79 Å². The van der Waals surface area contributed by atoms with E-state index in [0.717, 1.165) is 0 Å². The van der Waals surface area contributed by atoms with E-state index in [1.807, 2.05) is 0 Å². The lowest BCUT2D eigenvalue weighted by atomic mass is 9.71. The highest BCUT2D eigenvalue weighted by atomic mass is 16.1. The second-order valence-corrected chi connectivity index (χ2v) is 3.07. The molecule has 0 bridgehead atoms. The number of hydrogen-bond acceptors (Lipinski definition) is 2. The first kappa shape index (κ1) is 6.50. The standard InChI is InChI=1S/C7H11NO/c1-7(3-2-4-7)5-8-6-9/h2-5H2,1H3. The van der Waals surface area contributed by atoms with E-state index in [1.54, 1.807) is 6.08 Å². The SMILES string of the molecule is CC1(CN=C=O)CCC1. The summed E-state index contributed by atoms with van der Waals surface area (Å²) in [6.45, 7) is 2.84. The minimum absolute atomic E-state index is 0.345. The molecule has 0 radical (unpaired) electrons. The summed E-state index contributed by atoms with van der Waals surface area (Å²) < 4.78 is 0. The summed E-state index contributed by atoms with van der Waals surface area (Å²) in [5.74, 6) is 0. The monoisotopic (exact) mass is 125 g/mol. The average Bonchev–Trinajstić information content (AvgIpc) is 1.79. The van der Waals surface area contributed by atoms with E-state index >= 15 is 0 Å². The first-order chi connectivity index (χ1) is 4.27. The minimum atomic E-state index is 0.345. The Balaban J connectivity index is 2.32. The molecule has 0 amide bonds. The summed E-state index contributed by atoms with van der Waals surface area (Å²) in [5.41, 5.74) is 0.345. The molecule has 1 rings (SSSR count). The maximum absolute atomic E-state index is 9.70. The van der Waals surface area contributed by atoms with Crippen molar-refractivity contribution in [2.45, 2.75) is 26.2 Å². The third-order valence-corrected chi connectivity index (χ3v) is 2.09. The fourth-order valence-electron chi connectivity index (χ4n) is 1.16. The first-order valence-electron chi connectivity index (χ1n) is 3.30. The quantitative estimate of drug-likeness (QED) is 0.406. The summed E-state index contributed by atoms with van der Waals surface area (Å²) in [4.78, 5) is 13.3. The Morgan fingerprint density at radius 1 is 1.67 bits per heavy atom. The molecule has 50 valence electrons. The highest BCUT2D eigenvalue weighted by Gasteiger charge is 2.31. The van der Waals surface area contributed by atoms with Crippen molar-refractivity contribution in [1.29, 1.82) is 0 Å². The molecule has 1 saturated carbocycles. The lowest BCUT2D eigenvalue weighted by molar-refractivity contribution is 0.174. The molecule has 1 aliphatic rings. The van der Waals surface area contributed by atoms with Gasteiger partial charge in [0.2, 0.25) is 6.08 Å². The van der Waals surface area contributed by atoms with Crippen molar-refractivity contribution in [3.05, 3.63) is 0 Å². The molecule has 0 saturated heterocycles. The van der Waals surface area contributed by atoms with Gasteiger partial charge in [0, 0.05) is 0 Å². The van der Waals surface area contributed by atoms with E-state index < -0.39 is 0 Å². The molecule has 0 atom stereocenters. The van der Waals surface area contributed by atoms with Gasteiger partial charge >= 0.3 is 0 Å². The minimum Gasteiger partial charge on any atom is -0.211 e. The predicted octanol–water partition coefficient (Wildman–Crippen LogP) is 1.51. The molecule has 1 fully saturated rings. The van der Waals surface area contributed by atoms with Gasteiger partial charge in [-0.1, -0.05) is 13.3 Å². The molecule has 0 aromatic heterocycles. The largest absolute Gasteiger partial charge is 0.234 e. The van der Waals surface area contributed by atoms with Crippen LogP contribution in [0.25, 0.3) is 0 Å². The van der Waals surface area contributed by atoms with E-state index in [1.165, 1.54) is 19.3 Å². The molecule has 0 aromatic carbocycles. The lowest BCUT2D eigenvalue weighted by Gasteiger charge is -2.36. The molecular formula is C7H11NO. The van der Waals surface area contributed by atoms with Gasteiger partial charge in [-0.2, -0.15) is 0 Å². The van der Waals surface area contributed by atoms with E-state index in [2.05, 4.69) is 11.9 Å². The zero-order valence-corrected chi connectivity index (χ0v) is 5.68. The zero-order chi connectivity index (χ0) is 6.74. The summed E-state index contributed by atoms with van der Waals surface area (Å²) in [6, 6.07) is 0. The van der Waals surface area contributed by atoms with Gasteiger partial charge in [0.15, 0.2) is 0 Å². The molecule has 0 unspecified atom stereocenters. The van der Waals surface area contributed by atoms with E-state index in [0.29, 0.717) is 12.0 Å². The molecule has 2 heteroatoms. The van der Waals surface area contributed by atoms with E-state index in [-0.39, 0.29) is 0 Å². The van der Waals surface area contributed by atoms with E-state index in [4.69, 9.17) is 0 Å². The Morgan fingerprint density at radius 3 is 2.67 bits per heavy atom. The van der Waals surface area contributed by atoms with Gasteiger partial charge in [-0.3, -0.25) is 0 Å². The lowest BCUT2D eigenvalue weighted by Crippen LogP contribution is -2.28. The predicted molar refractivity (Wildman–Crippen MR) is 34.9 cm³/mol. The Labute approximate surface area is 55.0 Å². The maximum Gasteiger partial charge on any atom is 0.234 e. The molecule has 2 nitrogen and oxygen atoms in total. The van der Waals surface area contributed by atoms with Crippen LogP contribution in [0.15, 0.2) is 4.99 Å². The van der Waals surface area contributed by atoms with Crippen LogP contribution in [0.4, 0.5) is 0 Å². The number of carbonyl (C=O) groups excluding carboxylic acids is 1. The van der Waals surface area contributed by atoms with Gasteiger partial charge in [-0.15, -0.1) is 0 Å². The van der Waals surface area contributed by atoms with Crippen molar-refractivity contribution in [2.24, 2.45) is 10.4 Å². The highest BCUT2D eigenvalue weighted by Crippen LogP contribution is 2.40. The Hall–Kier alpha value is -0.620. The van der Waals surface area contributed by atoms with Crippen molar-refractivity contribution in [3.63, 3.8) is 0 Å². The molecule has 0 aromatic rings. The van der Waals surface area contributed by atoms with Crippen LogP contribution in [0.1, 0.15) is 26.2 Å².